The van der Waals surface area contributed by atoms with Gasteiger partial charge in [0.15, 0.2) is 6.10 Å². The van der Waals surface area contributed by atoms with Crippen molar-refractivity contribution in [2.75, 3.05) is 39.8 Å². The molecule has 0 saturated heterocycles. The molecule has 0 aliphatic heterocycles. The van der Waals surface area contributed by atoms with E-state index in [9.17, 15) is 24.0 Å². The maximum Gasteiger partial charge on any atom is 0.343 e. The molecule has 0 fully saturated rings. The monoisotopic (exact) mass is 922 g/mol. The fraction of sp³-hybridized carbons (Fsp3) is 0.208. The number of hydrogen-bond acceptors (Lipinski definition) is 15. The number of fused-ring (bicyclic) bond motifs is 3. The van der Waals surface area contributed by atoms with E-state index in [2.05, 4.69) is 54.5 Å². The number of nitrogens with one attached hydrogen (secondary N) is 1. The van der Waals surface area contributed by atoms with Crippen molar-refractivity contribution >= 4 is 36.1 Å². The molecule has 0 bridgehead atoms. The van der Waals surface area contributed by atoms with Crippen molar-refractivity contribution in [2.45, 2.75) is 31.4 Å². The summed E-state index contributed by atoms with van der Waals surface area (Å²) in [4.78, 5) is 60.9. The first-order valence-corrected chi connectivity index (χ1v) is 21.6. The van der Waals surface area contributed by atoms with E-state index < -0.39 is 36.0 Å². The Hall–Kier alpha value is -8.30. The van der Waals surface area contributed by atoms with E-state index >= 15 is 0 Å². The van der Waals surface area contributed by atoms with Crippen molar-refractivity contribution in [3.8, 4) is 28.4 Å². The Kier molecular flexibility index (Phi) is 18.4. The van der Waals surface area contributed by atoms with Gasteiger partial charge in [-0.25, -0.2) is 24.0 Å². The summed E-state index contributed by atoms with van der Waals surface area (Å²) in [5.74, 6) is -1.90. The van der Waals surface area contributed by atoms with Gasteiger partial charge in [-0.1, -0.05) is 74.3 Å². The molecule has 1 aliphatic rings. The Morgan fingerprint density at radius 3 is 1.88 bits per heavy atom. The van der Waals surface area contributed by atoms with Gasteiger partial charge >= 0.3 is 29.8 Å². The van der Waals surface area contributed by atoms with Crippen LogP contribution < -0.4 is 19.6 Å². The van der Waals surface area contributed by atoms with Crippen LogP contribution in [-0.2, 0) is 44.5 Å². The predicted molar refractivity (Wildman–Crippen MR) is 251 cm³/mol. The van der Waals surface area contributed by atoms with Gasteiger partial charge < -0.3 is 37.9 Å². The van der Waals surface area contributed by atoms with E-state index in [1.165, 1.54) is 12.1 Å². The Morgan fingerprint density at radius 2 is 1.22 bits per heavy atom. The third kappa shape index (κ3) is 14.3. The molecule has 5 aromatic carbocycles. The summed E-state index contributed by atoms with van der Waals surface area (Å²) in [6, 6.07) is 33.7. The Bertz CT molecular complexity index is 2560. The lowest BCUT2D eigenvalue weighted by Gasteiger charge is -2.18. The topological polar surface area (TPSA) is 184 Å². The zero-order valence-corrected chi connectivity index (χ0v) is 37.2. The van der Waals surface area contributed by atoms with Crippen LogP contribution in [0, 0.1) is 0 Å². The standard InChI is InChI=1S/C53H50N2O13/c1-4-48(56)62-29-12-11-28-61-33-42(67-50(58)6-3)34-64-40-22-20-38(21-23-40)53(60)68-47-26-17-36(27-30-63-52(59)37-18-24-41(25-19-37)65-35-66-49(57)5-2)31-39(47)32-54-55-51-45-15-9-7-13-43(45)44-14-8-10-16-46(44)51/h4-10,13-26,31-32,42,51,55H,1-3,11-12,27-30,33-35H2/b54-32+. The van der Waals surface area contributed by atoms with Crippen LogP contribution in [0.5, 0.6) is 17.2 Å². The maximum atomic E-state index is 13.6. The summed E-state index contributed by atoms with van der Waals surface area (Å²) in [5.41, 5.74) is 9.50. The lowest BCUT2D eigenvalue weighted by atomic mass is 10.1. The van der Waals surface area contributed by atoms with E-state index in [4.69, 9.17) is 37.9 Å². The second-order valence-electron chi connectivity index (χ2n) is 14.8. The van der Waals surface area contributed by atoms with Crippen molar-refractivity contribution in [3.63, 3.8) is 0 Å². The second kappa shape index (κ2) is 25.4. The van der Waals surface area contributed by atoms with Gasteiger partial charge in [0.2, 0.25) is 6.79 Å². The Morgan fingerprint density at radius 1 is 0.618 bits per heavy atom. The molecule has 5 aromatic rings. The fourth-order valence-electron chi connectivity index (χ4n) is 6.79. The van der Waals surface area contributed by atoms with Crippen LogP contribution in [0.25, 0.3) is 11.1 Å². The molecular weight excluding hydrogens is 873 g/mol. The molecule has 15 heteroatoms. The molecule has 15 nitrogen and oxygen atoms in total. The number of esters is 5. The smallest absolute Gasteiger partial charge is 0.343 e. The molecule has 0 spiro atoms. The highest BCUT2D eigenvalue weighted by Crippen LogP contribution is 2.43. The number of carbonyl (C=O) groups is 5. The average molecular weight is 923 g/mol. The number of ether oxygens (including phenoxy) is 8. The van der Waals surface area contributed by atoms with Gasteiger partial charge in [0.05, 0.1) is 43.2 Å². The molecule has 0 radical (unpaired) electrons. The summed E-state index contributed by atoms with van der Waals surface area (Å²) in [5, 5.41) is 4.63. The molecule has 1 atom stereocenters. The Labute approximate surface area is 393 Å². The SMILES string of the molecule is C=CC(=O)OCCCCOCC(COc1ccc(C(=O)Oc2ccc(CCOC(=O)c3ccc(OCOC(=O)C=C)cc3)cc2/C=N/NC2c3ccccc3-c3ccccc32)cc1)OC(=O)C=C. The van der Waals surface area contributed by atoms with Crippen LogP contribution in [0.3, 0.4) is 0 Å². The molecule has 1 N–H and O–H groups in total. The maximum absolute atomic E-state index is 13.6. The van der Waals surface area contributed by atoms with Crippen LogP contribution >= 0.6 is 0 Å². The quantitative estimate of drug-likeness (QED) is 0.00821. The van der Waals surface area contributed by atoms with Gasteiger partial charge in [-0.3, -0.25) is 5.43 Å². The first kappa shape index (κ1) is 49.1. The number of nitrogens with zero attached hydrogens (tertiary/aromatic N) is 1. The van der Waals surface area contributed by atoms with E-state index in [-0.39, 0.29) is 50.6 Å². The minimum absolute atomic E-state index is 0.0405. The van der Waals surface area contributed by atoms with Crippen LogP contribution in [0.1, 0.15) is 61.9 Å². The summed E-state index contributed by atoms with van der Waals surface area (Å²) in [7, 11) is 0. The normalized spacial score (nSPS) is 11.8. The number of hydrogen-bond donors (Lipinski definition) is 1. The molecule has 0 amide bonds. The molecule has 0 heterocycles. The zero-order valence-electron chi connectivity index (χ0n) is 37.2. The third-order valence-electron chi connectivity index (χ3n) is 10.2. The van der Waals surface area contributed by atoms with Crippen LogP contribution in [0.2, 0.25) is 0 Å². The first-order chi connectivity index (χ1) is 33.1. The zero-order chi connectivity index (χ0) is 48.1. The van der Waals surface area contributed by atoms with Gasteiger partial charge in [-0.15, -0.1) is 0 Å². The molecule has 68 heavy (non-hydrogen) atoms. The minimum atomic E-state index is -0.756. The van der Waals surface area contributed by atoms with Gasteiger partial charge in [-0.05, 0) is 101 Å². The van der Waals surface area contributed by atoms with E-state index in [0.717, 1.165) is 46.0 Å². The summed E-state index contributed by atoms with van der Waals surface area (Å²) in [6.45, 7) is 10.5. The van der Waals surface area contributed by atoms with Crippen molar-refractivity contribution < 1.29 is 61.9 Å². The van der Waals surface area contributed by atoms with Gasteiger partial charge in [0, 0.05) is 36.8 Å². The fourth-order valence-corrected chi connectivity index (χ4v) is 6.79. The molecule has 1 aliphatic carbocycles. The second-order valence-corrected chi connectivity index (χ2v) is 14.8. The third-order valence-corrected chi connectivity index (χ3v) is 10.2. The highest BCUT2D eigenvalue weighted by atomic mass is 16.7. The van der Waals surface area contributed by atoms with Crippen molar-refractivity contribution in [3.05, 3.63) is 187 Å². The van der Waals surface area contributed by atoms with Crippen molar-refractivity contribution in [1.82, 2.24) is 5.43 Å². The van der Waals surface area contributed by atoms with Crippen molar-refractivity contribution in [2.24, 2.45) is 5.10 Å². The predicted octanol–water partition coefficient (Wildman–Crippen LogP) is 8.07. The number of unbranched alkanes of at least 4 members (excludes halogenated alkanes) is 1. The molecule has 0 aromatic heterocycles. The van der Waals surface area contributed by atoms with Crippen molar-refractivity contribution in [1.29, 1.82) is 0 Å². The number of carbonyl (C=O) groups excluding carboxylic acids is 5. The van der Waals surface area contributed by atoms with Crippen LogP contribution in [0.15, 0.2) is 158 Å². The molecule has 350 valence electrons. The Balaban J connectivity index is 1.09. The van der Waals surface area contributed by atoms with Gasteiger partial charge in [0.1, 0.15) is 23.9 Å². The minimum Gasteiger partial charge on any atom is -0.490 e. The van der Waals surface area contributed by atoms with E-state index in [1.54, 1.807) is 60.8 Å². The highest BCUT2D eigenvalue weighted by molar-refractivity contribution is 5.93. The largest absolute Gasteiger partial charge is 0.490 e. The van der Waals surface area contributed by atoms with Gasteiger partial charge in [0.25, 0.3) is 0 Å². The summed E-state index contributed by atoms with van der Waals surface area (Å²) in [6.07, 6.45) is 5.53. The molecular formula is C53H50N2O13. The van der Waals surface area contributed by atoms with Crippen LogP contribution in [0.4, 0.5) is 0 Å². The lowest BCUT2D eigenvalue weighted by Crippen LogP contribution is -2.29. The summed E-state index contributed by atoms with van der Waals surface area (Å²) >= 11 is 0. The van der Waals surface area contributed by atoms with E-state index in [1.807, 2.05) is 24.3 Å². The number of hydrazone groups is 1. The first-order valence-electron chi connectivity index (χ1n) is 21.6. The summed E-state index contributed by atoms with van der Waals surface area (Å²) < 4.78 is 43.5. The average Bonchev–Trinajstić information content (AvgIpc) is 3.68. The number of benzene rings is 5. The molecule has 6 rings (SSSR count). The molecule has 1 unspecified atom stereocenters. The molecule has 0 saturated carbocycles. The van der Waals surface area contributed by atoms with Crippen LogP contribution in [-0.4, -0.2) is 82.0 Å². The van der Waals surface area contributed by atoms with Gasteiger partial charge in [-0.2, -0.15) is 5.10 Å². The van der Waals surface area contributed by atoms with E-state index in [0.29, 0.717) is 48.5 Å². The number of rotatable bonds is 26. The highest BCUT2D eigenvalue weighted by Gasteiger charge is 2.27. The lowest BCUT2D eigenvalue weighted by molar-refractivity contribution is -0.148.